The number of amides is 1. The largest absolute Gasteiger partial charge is 0.412 e. The zero-order valence-corrected chi connectivity index (χ0v) is 9.37. The van der Waals surface area contributed by atoms with Gasteiger partial charge in [-0.25, -0.2) is 4.98 Å². The Labute approximate surface area is 96.4 Å². The predicted octanol–water partition coefficient (Wildman–Crippen LogP) is -0.370. The molecule has 0 unspecified atom stereocenters. The number of hydrogen-bond acceptors (Lipinski definition) is 5. The molecule has 5 N–H and O–H groups in total. The number of nitrogens with zero attached hydrogens (tertiary/aromatic N) is 1. The normalized spacial score (nSPS) is 24.1. The van der Waals surface area contributed by atoms with E-state index in [2.05, 4.69) is 4.98 Å². The fourth-order valence-electron chi connectivity index (χ4n) is 1.57. The van der Waals surface area contributed by atoms with Crippen molar-refractivity contribution in [3.63, 3.8) is 0 Å². The Hall–Kier alpha value is -1.02. The number of aliphatic hydroxyl groups is 1. The molecule has 1 fully saturated rings. The third-order valence-electron chi connectivity index (χ3n) is 2.36. The van der Waals surface area contributed by atoms with Crippen LogP contribution in [0.4, 0.5) is 0 Å². The van der Waals surface area contributed by atoms with Gasteiger partial charge >= 0.3 is 0 Å². The van der Waals surface area contributed by atoms with E-state index < -0.39 is 5.91 Å². The Morgan fingerprint density at radius 2 is 2.44 bits per heavy atom. The zero-order chi connectivity index (χ0) is 10.8. The van der Waals surface area contributed by atoms with Crippen LogP contribution in [0.1, 0.15) is 34.4 Å². The highest BCUT2D eigenvalue weighted by molar-refractivity contribution is 7.09. The van der Waals surface area contributed by atoms with E-state index in [4.69, 9.17) is 15.6 Å². The van der Waals surface area contributed by atoms with E-state index in [0.717, 1.165) is 17.8 Å². The fraction of sp³-hybridized carbons (Fsp3) is 0.556. The summed E-state index contributed by atoms with van der Waals surface area (Å²) in [5.41, 5.74) is 5.39. The molecule has 0 aromatic carbocycles. The van der Waals surface area contributed by atoms with Crippen LogP contribution in [0.25, 0.3) is 0 Å². The standard InChI is InChI=1S/C9H12N2O3S.H2O/c10-8(13)6-4-15-9(11-6)7-2-1-5(3-12)14-7;/h4-5,7,12H,1-3H2,(H2,10,13);1H2/t5-,7+;/m1./s1. The molecule has 0 radical (unpaired) electrons. The fourth-order valence-corrected chi connectivity index (χ4v) is 2.45. The van der Waals surface area contributed by atoms with Crippen LogP contribution in [-0.2, 0) is 4.74 Å². The minimum Gasteiger partial charge on any atom is -0.412 e. The van der Waals surface area contributed by atoms with Crippen molar-refractivity contribution in [2.24, 2.45) is 5.73 Å². The van der Waals surface area contributed by atoms with E-state index in [1.165, 1.54) is 11.3 Å². The molecule has 16 heavy (non-hydrogen) atoms. The second-order valence-corrected chi connectivity index (χ2v) is 4.33. The first-order chi connectivity index (χ1) is 7.20. The smallest absolute Gasteiger partial charge is 0.268 e. The lowest BCUT2D eigenvalue weighted by molar-refractivity contribution is 0.0109. The van der Waals surface area contributed by atoms with Crippen molar-refractivity contribution < 1.29 is 20.1 Å². The van der Waals surface area contributed by atoms with Crippen LogP contribution in [-0.4, -0.2) is 34.2 Å². The first-order valence-electron chi connectivity index (χ1n) is 4.72. The summed E-state index contributed by atoms with van der Waals surface area (Å²) in [6, 6.07) is 0. The van der Waals surface area contributed by atoms with Gasteiger partial charge in [-0.2, -0.15) is 0 Å². The van der Waals surface area contributed by atoms with Crippen LogP contribution >= 0.6 is 11.3 Å². The number of nitrogens with two attached hydrogens (primary N) is 1. The highest BCUT2D eigenvalue weighted by Crippen LogP contribution is 2.33. The summed E-state index contributed by atoms with van der Waals surface area (Å²) < 4.78 is 5.54. The number of thiazole rings is 1. The molecule has 1 aromatic rings. The molecular weight excluding hydrogens is 232 g/mol. The summed E-state index contributed by atoms with van der Waals surface area (Å²) in [7, 11) is 0. The minimum atomic E-state index is -0.519. The molecule has 0 spiro atoms. The number of carbonyl (C=O) groups excluding carboxylic acids is 1. The van der Waals surface area contributed by atoms with Crippen LogP contribution in [0.15, 0.2) is 5.38 Å². The van der Waals surface area contributed by atoms with Gasteiger partial charge in [-0.05, 0) is 12.8 Å². The van der Waals surface area contributed by atoms with Gasteiger partial charge in [0.25, 0.3) is 5.91 Å². The van der Waals surface area contributed by atoms with E-state index in [1.54, 1.807) is 5.38 Å². The van der Waals surface area contributed by atoms with Crippen molar-refractivity contribution >= 4 is 17.2 Å². The molecule has 6 nitrogen and oxygen atoms in total. The van der Waals surface area contributed by atoms with Gasteiger partial charge < -0.3 is 21.1 Å². The second kappa shape index (κ2) is 5.35. The summed E-state index contributed by atoms with van der Waals surface area (Å²) in [4.78, 5) is 14.9. The van der Waals surface area contributed by atoms with E-state index in [9.17, 15) is 4.79 Å². The monoisotopic (exact) mass is 246 g/mol. The van der Waals surface area contributed by atoms with Crippen LogP contribution < -0.4 is 5.73 Å². The topological polar surface area (TPSA) is 117 Å². The first-order valence-corrected chi connectivity index (χ1v) is 5.60. The van der Waals surface area contributed by atoms with Crippen LogP contribution in [0.3, 0.4) is 0 Å². The number of rotatable bonds is 3. The highest BCUT2D eigenvalue weighted by atomic mass is 32.1. The lowest BCUT2D eigenvalue weighted by Crippen LogP contribution is -2.12. The van der Waals surface area contributed by atoms with E-state index in [1.807, 2.05) is 0 Å². The maximum absolute atomic E-state index is 10.8. The van der Waals surface area contributed by atoms with Crippen molar-refractivity contribution in [1.82, 2.24) is 4.98 Å². The molecule has 7 heteroatoms. The summed E-state index contributed by atoms with van der Waals surface area (Å²) in [6.45, 7) is 0.0323. The van der Waals surface area contributed by atoms with Gasteiger partial charge in [-0.1, -0.05) is 0 Å². The van der Waals surface area contributed by atoms with Gasteiger partial charge in [0.1, 0.15) is 16.8 Å². The predicted molar refractivity (Wildman–Crippen MR) is 58.2 cm³/mol. The number of aliphatic hydroxyl groups excluding tert-OH is 1. The van der Waals surface area contributed by atoms with Crippen molar-refractivity contribution in [3.8, 4) is 0 Å². The van der Waals surface area contributed by atoms with Crippen LogP contribution in [0.2, 0.25) is 0 Å². The van der Waals surface area contributed by atoms with Crippen LogP contribution in [0.5, 0.6) is 0 Å². The maximum Gasteiger partial charge on any atom is 0.268 e. The molecule has 1 aliphatic heterocycles. The Bertz CT molecular complexity index is 368. The molecule has 0 saturated carbocycles. The highest BCUT2D eigenvalue weighted by Gasteiger charge is 2.28. The Morgan fingerprint density at radius 3 is 2.94 bits per heavy atom. The van der Waals surface area contributed by atoms with Gasteiger partial charge in [-0.3, -0.25) is 4.79 Å². The molecule has 2 rings (SSSR count). The van der Waals surface area contributed by atoms with Gasteiger partial charge in [-0.15, -0.1) is 11.3 Å². The SMILES string of the molecule is NC(=O)c1csc([C@@H]2CC[C@H](CO)O2)n1.O. The Morgan fingerprint density at radius 1 is 1.69 bits per heavy atom. The van der Waals surface area contributed by atoms with Gasteiger partial charge in [0.2, 0.25) is 0 Å². The van der Waals surface area contributed by atoms with Crippen molar-refractivity contribution in [2.75, 3.05) is 6.61 Å². The zero-order valence-electron chi connectivity index (χ0n) is 8.55. The van der Waals surface area contributed by atoms with E-state index in [-0.39, 0.29) is 30.0 Å². The average molecular weight is 246 g/mol. The summed E-state index contributed by atoms with van der Waals surface area (Å²) in [6.07, 6.45) is 1.46. The quantitative estimate of drug-likeness (QED) is 0.756. The minimum absolute atomic E-state index is 0. The molecule has 1 amide bonds. The van der Waals surface area contributed by atoms with Crippen molar-refractivity contribution in [2.45, 2.75) is 25.0 Å². The third kappa shape index (κ3) is 2.56. The Kier molecular flexibility index (Phi) is 4.36. The molecule has 1 aliphatic rings. The van der Waals surface area contributed by atoms with Gasteiger partial charge in [0.15, 0.2) is 0 Å². The molecule has 1 aromatic heterocycles. The Balaban J connectivity index is 0.00000128. The van der Waals surface area contributed by atoms with Crippen molar-refractivity contribution in [3.05, 3.63) is 16.1 Å². The molecule has 0 aliphatic carbocycles. The maximum atomic E-state index is 10.8. The number of primary amides is 1. The van der Waals surface area contributed by atoms with E-state index >= 15 is 0 Å². The number of aromatic nitrogens is 1. The van der Waals surface area contributed by atoms with Gasteiger partial charge in [0, 0.05) is 5.38 Å². The molecule has 2 atom stereocenters. The number of hydrogen-bond donors (Lipinski definition) is 2. The van der Waals surface area contributed by atoms with Gasteiger partial charge in [0.05, 0.1) is 12.7 Å². The number of ether oxygens (including phenoxy) is 1. The average Bonchev–Trinajstić information content (AvgIpc) is 2.86. The molecular formula is C9H14N2O4S. The van der Waals surface area contributed by atoms with Crippen molar-refractivity contribution in [1.29, 1.82) is 0 Å². The summed E-state index contributed by atoms with van der Waals surface area (Å²) in [5.74, 6) is -0.519. The molecule has 2 heterocycles. The molecule has 90 valence electrons. The first kappa shape index (κ1) is 13.0. The molecule has 1 saturated heterocycles. The number of carbonyl (C=O) groups is 1. The summed E-state index contributed by atoms with van der Waals surface area (Å²) >= 11 is 1.37. The molecule has 0 bridgehead atoms. The van der Waals surface area contributed by atoms with E-state index in [0.29, 0.717) is 0 Å². The summed E-state index contributed by atoms with van der Waals surface area (Å²) in [5, 5.41) is 11.3. The lowest BCUT2D eigenvalue weighted by Gasteiger charge is -2.08. The van der Waals surface area contributed by atoms with Crippen LogP contribution in [0, 0.1) is 0 Å². The third-order valence-corrected chi connectivity index (χ3v) is 3.30. The lowest BCUT2D eigenvalue weighted by atomic mass is 10.2. The second-order valence-electron chi connectivity index (χ2n) is 3.44.